The van der Waals surface area contributed by atoms with Crippen LogP contribution in [0, 0.1) is 5.82 Å². The van der Waals surface area contributed by atoms with Crippen molar-refractivity contribution in [1.29, 1.82) is 0 Å². The van der Waals surface area contributed by atoms with Crippen LogP contribution in [0.3, 0.4) is 0 Å². The third-order valence-corrected chi connectivity index (χ3v) is 8.93. The fourth-order valence-corrected chi connectivity index (χ4v) is 6.70. The molecule has 174 valence electrons. The number of rotatable bonds is 9. The number of hydrogen-bond acceptors (Lipinski definition) is 7. The molecule has 0 aliphatic carbocycles. The number of amides is 1. The molecule has 0 radical (unpaired) electrons. The van der Waals surface area contributed by atoms with Crippen LogP contribution in [0.4, 0.5) is 4.39 Å². The molecule has 1 aliphatic rings. The van der Waals surface area contributed by atoms with Gasteiger partial charge >= 0.3 is 5.97 Å². The Bertz CT molecular complexity index is 1040. The van der Waals surface area contributed by atoms with Crippen LogP contribution < -0.4 is 0 Å². The van der Waals surface area contributed by atoms with Crippen molar-refractivity contribution in [3.8, 4) is 0 Å². The summed E-state index contributed by atoms with van der Waals surface area (Å²) in [6, 6.07) is 2.30. The molecule has 1 saturated heterocycles. The smallest absolute Gasteiger partial charge is 0.341 e. The SMILES string of the molecule is CCN(C(=O)COC(=O)c1cc(S(=O)(=O)N(CC)CC)ccc1F)C1CCS(=O)(=O)C1. The van der Waals surface area contributed by atoms with Crippen LogP contribution in [-0.2, 0) is 29.4 Å². The summed E-state index contributed by atoms with van der Waals surface area (Å²) in [7, 11) is -7.12. The maximum atomic E-state index is 14.2. The van der Waals surface area contributed by atoms with Crippen LogP contribution in [0.25, 0.3) is 0 Å². The lowest BCUT2D eigenvalue weighted by Crippen LogP contribution is -2.43. The molecule has 0 N–H and O–H groups in total. The second kappa shape index (κ2) is 10.0. The van der Waals surface area contributed by atoms with Gasteiger partial charge in [-0.15, -0.1) is 0 Å². The number of ether oxygens (including phenoxy) is 1. The fourth-order valence-electron chi connectivity index (χ4n) is 3.48. The van der Waals surface area contributed by atoms with Crippen LogP contribution >= 0.6 is 0 Å². The van der Waals surface area contributed by atoms with E-state index in [0.717, 1.165) is 22.5 Å². The van der Waals surface area contributed by atoms with Crippen molar-refractivity contribution in [3.05, 3.63) is 29.6 Å². The highest BCUT2D eigenvalue weighted by molar-refractivity contribution is 7.91. The van der Waals surface area contributed by atoms with Crippen molar-refractivity contribution in [3.63, 3.8) is 0 Å². The summed E-state index contributed by atoms with van der Waals surface area (Å²) >= 11 is 0. The Morgan fingerprint density at radius 3 is 2.32 bits per heavy atom. The van der Waals surface area contributed by atoms with Crippen LogP contribution in [-0.4, -0.2) is 81.7 Å². The Hall–Kier alpha value is -2.05. The first-order valence-electron chi connectivity index (χ1n) is 9.93. The van der Waals surface area contributed by atoms with Gasteiger partial charge in [0, 0.05) is 25.7 Å². The average Bonchev–Trinajstić information content (AvgIpc) is 3.06. The molecule has 1 aromatic carbocycles. The average molecular weight is 479 g/mol. The minimum absolute atomic E-state index is 0.0136. The van der Waals surface area contributed by atoms with Crippen LogP contribution in [0.1, 0.15) is 37.6 Å². The molecule has 1 unspecified atom stereocenters. The normalized spacial score (nSPS) is 18.2. The number of sulfonamides is 1. The molecule has 1 fully saturated rings. The monoisotopic (exact) mass is 478 g/mol. The number of sulfone groups is 1. The third-order valence-electron chi connectivity index (χ3n) is 5.14. The van der Waals surface area contributed by atoms with E-state index in [1.165, 1.54) is 4.90 Å². The molecule has 0 aromatic heterocycles. The van der Waals surface area contributed by atoms with E-state index in [1.54, 1.807) is 20.8 Å². The molecular weight excluding hydrogens is 451 g/mol. The zero-order valence-corrected chi connectivity index (χ0v) is 19.3. The van der Waals surface area contributed by atoms with E-state index in [1.807, 2.05) is 0 Å². The zero-order chi connectivity index (χ0) is 23.4. The fraction of sp³-hybridized carbons (Fsp3) is 0.579. The topological polar surface area (TPSA) is 118 Å². The van der Waals surface area contributed by atoms with Crippen molar-refractivity contribution in [2.24, 2.45) is 0 Å². The van der Waals surface area contributed by atoms with Crippen molar-refractivity contribution in [2.45, 2.75) is 38.1 Å². The number of benzene rings is 1. The van der Waals surface area contributed by atoms with Gasteiger partial charge in [-0.3, -0.25) is 4.79 Å². The van der Waals surface area contributed by atoms with Crippen LogP contribution in [0.2, 0.25) is 0 Å². The predicted molar refractivity (Wildman–Crippen MR) is 111 cm³/mol. The number of carbonyl (C=O) groups excluding carboxylic acids is 2. The lowest BCUT2D eigenvalue weighted by atomic mass is 10.2. The van der Waals surface area contributed by atoms with Gasteiger partial charge in [-0.1, -0.05) is 13.8 Å². The van der Waals surface area contributed by atoms with E-state index in [-0.39, 0.29) is 36.0 Å². The van der Waals surface area contributed by atoms with Gasteiger partial charge in [0.2, 0.25) is 10.0 Å². The Balaban J connectivity index is 2.14. The van der Waals surface area contributed by atoms with Crippen molar-refractivity contribution in [1.82, 2.24) is 9.21 Å². The molecule has 1 aliphatic heterocycles. The molecule has 1 amide bonds. The van der Waals surface area contributed by atoms with Gasteiger partial charge in [-0.25, -0.2) is 26.0 Å². The highest BCUT2D eigenvalue weighted by Crippen LogP contribution is 2.21. The quantitative estimate of drug-likeness (QED) is 0.487. The minimum Gasteiger partial charge on any atom is -0.452 e. The van der Waals surface area contributed by atoms with Crippen molar-refractivity contribution in [2.75, 3.05) is 37.7 Å². The number of hydrogen-bond donors (Lipinski definition) is 0. The predicted octanol–water partition coefficient (Wildman–Crippen LogP) is 1.05. The van der Waals surface area contributed by atoms with Crippen LogP contribution in [0.15, 0.2) is 23.1 Å². The van der Waals surface area contributed by atoms with Crippen molar-refractivity contribution < 1.29 is 35.6 Å². The first-order valence-corrected chi connectivity index (χ1v) is 13.2. The van der Waals surface area contributed by atoms with E-state index in [9.17, 15) is 30.8 Å². The largest absolute Gasteiger partial charge is 0.452 e. The van der Waals surface area contributed by atoms with Gasteiger partial charge in [0.1, 0.15) is 5.82 Å². The lowest BCUT2D eigenvalue weighted by molar-refractivity contribution is -0.136. The summed E-state index contributed by atoms with van der Waals surface area (Å²) < 4.78 is 68.8. The van der Waals surface area contributed by atoms with E-state index in [4.69, 9.17) is 4.74 Å². The van der Waals surface area contributed by atoms with Gasteiger partial charge in [-0.2, -0.15) is 4.31 Å². The molecule has 9 nitrogen and oxygen atoms in total. The number of halogens is 1. The number of nitrogens with zero attached hydrogens (tertiary/aromatic N) is 2. The molecule has 0 bridgehead atoms. The number of esters is 1. The first kappa shape index (κ1) is 25.2. The van der Waals surface area contributed by atoms with Gasteiger partial charge in [-0.05, 0) is 31.5 Å². The molecule has 2 rings (SSSR count). The van der Waals surface area contributed by atoms with Crippen molar-refractivity contribution >= 4 is 31.7 Å². The molecule has 31 heavy (non-hydrogen) atoms. The van der Waals surface area contributed by atoms with Gasteiger partial charge < -0.3 is 9.64 Å². The molecule has 1 heterocycles. The van der Waals surface area contributed by atoms with Gasteiger partial charge in [0.25, 0.3) is 5.91 Å². The van der Waals surface area contributed by atoms with Crippen LogP contribution in [0.5, 0.6) is 0 Å². The maximum Gasteiger partial charge on any atom is 0.341 e. The number of likely N-dealkylation sites (N-methyl/N-ethyl adjacent to an activating group) is 1. The Morgan fingerprint density at radius 1 is 1.16 bits per heavy atom. The standard InChI is InChI=1S/C19H27FN2O7S2/c1-4-21(5-2)31(27,28)15-7-8-17(20)16(11-15)19(24)29-12-18(23)22(6-3)14-9-10-30(25,26)13-14/h7-8,11,14H,4-6,9-10,12-13H2,1-3H3. The molecule has 0 saturated carbocycles. The molecule has 12 heteroatoms. The summed E-state index contributed by atoms with van der Waals surface area (Å²) in [4.78, 5) is 25.9. The molecule has 1 atom stereocenters. The maximum absolute atomic E-state index is 14.2. The third kappa shape index (κ3) is 5.80. The summed E-state index contributed by atoms with van der Waals surface area (Å²) in [5.41, 5.74) is -0.604. The Morgan fingerprint density at radius 2 is 1.81 bits per heavy atom. The second-order valence-electron chi connectivity index (χ2n) is 7.04. The highest BCUT2D eigenvalue weighted by Gasteiger charge is 2.34. The summed E-state index contributed by atoms with van der Waals surface area (Å²) in [5.74, 6) is -2.94. The van der Waals surface area contributed by atoms with E-state index >= 15 is 0 Å². The summed E-state index contributed by atoms with van der Waals surface area (Å²) in [6.07, 6.45) is 0.301. The molecule has 0 spiro atoms. The Kier molecular flexibility index (Phi) is 8.17. The minimum atomic E-state index is -3.92. The molecule has 1 aromatic rings. The summed E-state index contributed by atoms with van der Waals surface area (Å²) in [6.45, 7) is 4.90. The number of carbonyl (C=O) groups is 2. The van der Waals surface area contributed by atoms with Gasteiger partial charge in [0.15, 0.2) is 16.4 Å². The lowest BCUT2D eigenvalue weighted by Gasteiger charge is -2.26. The second-order valence-corrected chi connectivity index (χ2v) is 11.2. The summed E-state index contributed by atoms with van der Waals surface area (Å²) in [5, 5.41) is 0. The highest BCUT2D eigenvalue weighted by atomic mass is 32.2. The molecular formula is C19H27FN2O7S2. The van der Waals surface area contributed by atoms with E-state index in [2.05, 4.69) is 0 Å². The van der Waals surface area contributed by atoms with Gasteiger partial charge in [0.05, 0.1) is 22.0 Å². The zero-order valence-electron chi connectivity index (χ0n) is 17.7. The first-order chi connectivity index (χ1) is 14.5. The van der Waals surface area contributed by atoms with E-state index < -0.39 is 55.8 Å². The Labute approximate surface area is 182 Å². The van der Waals surface area contributed by atoms with E-state index in [0.29, 0.717) is 6.42 Å².